The van der Waals surface area contributed by atoms with Gasteiger partial charge in [-0.25, -0.2) is 4.98 Å². The molecule has 12 heteroatoms. The van der Waals surface area contributed by atoms with Crippen molar-refractivity contribution in [2.24, 2.45) is 0 Å². The van der Waals surface area contributed by atoms with Crippen LogP contribution in [0.5, 0.6) is 0 Å². The highest BCUT2D eigenvalue weighted by molar-refractivity contribution is 5.84. The van der Waals surface area contributed by atoms with Crippen LogP contribution in [-0.2, 0) is 20.9 Å². The first-order valence-corrected chi connectivity index (χ1v) is 13.6. The van der Waals surface area contributed by atoms with E-state index >= 15 is 0 Å². The summed E-state index contributed by atoms with van der Waals surface area (Å²) in [7, 11) is 0. The summed E-state index contributed by atoms with van der Waals surface area (Å²) in [4.78, 5) is 55.5. The summed E-state index contributed by atoms with van der Waals surface area (Å²) >= 11 is 0. The topological polar surface area (TPSA) is 129 Å². The van der Waals surface area contributed by atoms with E-state index in [-0.39, 0.29) is 17.7 Å². The predicted molar refractivity (Wildman–Crippen MR) is 139 cm³/mol. The number of anilines is 2. The fourth-order valence-electron chi connectivity index (χ4n) is 5.31. The van der Waals surface area contributed by atoms with Crippen molar-refractivity contribution in [3.63, 3.8) is 0 Å². The number of carbonyl (C=O) groups is 3. The zero-order chi connectivity index (χ0) is 25.6. The molecule has 0 bridgehead atoms. The second-order valence-electron chi connectivity index (χ2n) is 10.0. The molecule has 3 amide bonds. The second-order valence-corrected chi connectivity index (χ2v) is 10.0. The van der Waals surface area contributed by atoms with E-state index in [2.05, 4.69) is 15.6 Å². The van der Waals surface area contributed by atoms with Gasteiger partial charge in [0.05, 0.1) is 6.33 Å². The van der Waals surface area contributed by atoms with E-state index in [9.17, 15) is 14.4 Å². The van der Waals surface area contributed by atoms with Gasteiger partial charge in [-0.05, 0) is 32.1 Å². The second kappa shape index (κ2) is 11.7. The number of nitrogens with one attached hydrogen (secondary N) is 2. The van der Waals surface area contributed by atoms with Crippen LogP contribution in [-0.4, -0.2) is 104 Å². The maximum atomic E-state index is 12.0. The molecular weight excluding hydrogens is 474 g/mol. The van der Waals surface area contributed by atoms with Crippen molar-refractivity contribution >= 4 is 40.7 Å². The maximum absolute atomic E-state index is 12.0. The Morgan fingerprint density at radius 1 is 0.703 bits per heavy atom. The molecule has 2 N–H and O–H groups in total. The summed E-state index contributed by atoms with van der Waals surface area (Å²) in [5.74, 6) is 1.85. The van der Waals surface area contributed by atoms with Crippen molar-refractivity contribution in [3.05, 3.63) is 6.33 Å². The largest absolute Gasteiger partial charge is 0.368 e. The van der Waals surface area contributed by atoms with Gasteiger partial charge in [0.15, 0.2) is 17.0 Å². The van der Waals surface area contributed by atoms with Crippen molar-refractivity contribution in [2.45, 2.75) is 57.9 Å². The third-order valence-electron chi connectivity index (χ3n) is 7.37. The molecule has 12 nitrogen and oxygen atoms in total. The molecule has 0 saturated carbocycles. The molecule has 2 aromatic rings. The van der Waals surface area contributed by atoms with E-state index < -0.39 is 0 Å². The predicted octanol–water partition coefficient (Wildman–Crippen LogP) is 1.30. The monoisotopic (exact) mass is 511 g/mol. The number of hydrogen-bond acceptors (Lipinski definition) is 8. The van der Waals surface area contributed by atoms with Gasteiger partial charge in [0.25, 0.3) is 0 Å². The Hall–Kier alpha value is -3.44. The normalized spacial score (nSPS) is 18.2. The van der Waals surface area contributed by atoms with Crippen LogP contribution in [0.1, 0.15) is 51.4 Å². The minimum Gasteiger partial charge on any atom is -0.368 e. The molecule has 0 aromatic carbocycles. The fourth-order valence-corrected chi connectivity index (χ4v) is 5.31. The van der Waals surface area contributed by atoms with Gasteiger partial charge in [-0.3, -0.25) is 14.4 Å². The lowest BCUT2D eigenvalue weighted by molar-refractivity contribution is -0.128. The third-order valence-corrected chi connectivity index (χ3v) is 7.37. The lowest BCUT2D eigenvalue weighted by Crippen LogP contribution is -2.28. The number of fused-ring (bicyclic) bond motifs is 1. The zero-order valence-corrected chi connectivity index (χ0v) is 21.5. The molecule has 5 rings (SSSR count). The SMILES string of the molecule is O=C1CCCN1CCCNc1nc(NCCCN2CCCC2=O)c2ncn(CCN3CCCC3=O)c2n1. The Kier molecular flexibility index (Phi) is 8.00. The average Bonchev–Trinajstić information content (AvgIpc) is 3.68. The first-order valence-electron chi connectivity index (χ1n) is 13.6. The van der Waals surface area contributed by atoms with E-state index in [0.29, 0.717) is 62.7 Å². The third kappa shape index (κ3) is 6.11. The van der Waals surface area contributed by atoms with Gasteiger partial charge in [-0.2, -0.15) is 9.97 Å². The maximum Gasteiger partial charge on any atom is 0.226 e. The summed E-state index contributed by atoms with van der Waals surface area (Å²) < 4.78 is 1.98. The molecule has 0 radical (unpaired) electrons. The van der Waals surface area contributed by atoms with Crippen LogP contribution in [0.4, 0.5) is 11.8 Å². The number of rotatable bonds is 13. The Bertz CT molecular complexity index is 1130. The number of likely N-dealkylation sites (tertiary alicyclic amines) is 3. The van der Waals surface area contributed by atoms with Gasteiger partial charge in [-0.1, -0.05) is 0 Å². The highest BCUT2D eigenvalue weighted by atomic mass is 16.2. The van der Waals surface area contributed by atoms with Crippen molar-refractivity contribution < 1.29 is 14.4 Å². The Morgan fingerprint density at radius 2 is 1.27 bits per heavy atom. The van der Waals surface area contributed by atoms with Gasteiger partial charge in [0.1, 0.15) is 0 Å². The van der Waals surface area contributed by atoms with Crippen molar-refractivity contribution in [1.82, 2.24) is 34.2 Å². The van der Waals surface area contributed by atoms with Gasteiger partial charge in [0, 0.05) is 78.2 Å². The Labute approximate surface area is 216 Å². The minimum absolute atomic E-state index is 0.205. The van der Waals surface area contributed by atoms with Crippen LogP contribution in [0.15, 0.2) is 6.33 Å². The van der Waals surface area contributed by atoms with Crippen LogP contribution in [0.25, 0.3) is 11.2 Å². The highest BCUT2D eigenvalue weighted by Gasteiger charge is 2.22. The van der Waals surface area contributed by atoms with Gasteiger partial charge in [0.2, 0.25) is 23.7 Å². The van der Waals surface area contributed by atoms with E-state index in [0.717, 1.165) is 70.5 Å². The summed E-state index contributed by atoms with van der Waals surface area (Å²) in [6, 6.07) is 0. The molecule has 3 aliphatic heterocycles. The van der Waals surface area contributed by atoms with Crippen LogP contribution in [0.3, 0.4) is 0 Å². The van der Waals surface area contributed by atoms with Crippen LogP contribution in [0, 0.1) is 0 Å². The first-order chi connectivity index (χ1) is 18.1. The van der Waals surface area contributed by atoms with E-state index in [1.807, 2.05) is 19.3 Å². The molecule has 0 unspecified atom stereocenters. The Balaban J connectivity index is 1.24. The molecule has 3 aliphatic rings. The molecule has 37 heavy (non-hydrogen) atoms. The number of carbonyl (C=O) groups excluding carboxylic acids is 3. The molecule has 200 valence electrons. The van der Waals surface area contributed by atoms with Crippen molar-refractivity contribution in [3.8, 4) is 0 Å². The molecule has 0 aliphatic carbocycles. The summed E-state index contributed by atoms with van der Waals surface area (Å²) in [5.41, 5.74) is 1.41. The van der Waals surface area contributed by atoms with E-state index in [4.69, 9.17) is 9.97 Å². The number of hydrogen-bond donors (Lipinski definition) is 2. The van der Waals surface area contributed by atoms with Crippen molar-refractivity contribution in [1.29, 1.82) is 0 Å². The Morgan fingerprint density at radius 3 is 1.84 bits per heavy atom. The molecule has 0 atom stereocenters. The zero-order valence-electron chi connectivity index (χ0n) is 21.5. The highest BCUT2D eigenvalue weighted by Crippen LogP contribution is 2.22. The summed E-state index contributed by atoms with van der Waals surface area (Å²) in [6.07, 6.45) is 8.14. The van der Waals surface area contributed by atoms with Gasteiger partial charge < -0.3 is 29.9 Å². The quantitative estimate of drug-likeness (QED) is 0.385. The van der Waals surface area contributed by atoms with Crippen molar-refractivity contribution in [2.75, 3.05) is 63.0 Å². The van der Waals surface area contributed by atoms with E-state index in [1.165, 1.54) is 0 Å². The van der Waals surface area contributed by atoms with Crippen LogP contribution < -0.4 is 10.6 Å². The molecule has 3 saturated heterocycles. The molecule has 3 fully saturated rings. The van der Waals surface area contributed by atoms with Crippen LogP contribution in [0.2, 0.25) is 0 Å². The fraction of sp³-hybridized carbons (Fsp3) is 0.680. The lowest BCUT2D eigenvalue weighted by Gasteiger charge is -2.17. The van der Waals surface area contributed by atoms with Gasteiger partial charge in [-0.15, -0.1) is 0 Å². The minimum atomic E-state index is 0.205. The first kappa shape index (κ1) is 25.2. The lowest BCUT2D eigenvalue weighted by atomic mass is 10.3. The van der Waals surface area contributed by atoms with Gasteiger partial charge >= 0.3 is 0 Å². The molecule has 2 aromatic heterocycles. The smallest absolute Gasteiger partial charge is 0.226 e. The molecule has 5 heterocycles. The average molecular weight is 512 g/mol. The number of imidazole rings is 1. The number of amides is 3. The summed E-state index contributed by atoms with van der Waals surface area (Å²) in [6.45, 7) is 6.53. The van der Waals surface area contributed by atoms with Crippen LogP contribution >= 0.6 is 0 Å². The molecular formula is C25H37N9O3. The number of aromatic nitrogens is 4. The summed E-state index contributed by atoms with van der Waals surface area (Å²) in [5, 5.41) is 6.72. The molecule has 0 spiro atoms. The number of nitrogens with zero attached hydrogens (tertiary/aromatic N) is 7. The van der Waals surface area contributed by atoms with E-state index in [1.54, 1.807) is 6.33 Å². The standard InChI is InChI=1S/C25H37N9O3/c35-19-6-1-11-31(19)14-4-9-26-23-22-24(34(18-28-22)17-16-33-13-3-8-21(33)37)30-25(29-23)27-10-5-15-32-12-2-7-20(32)36/h18H,1-17H2,(H2,26,27,29,30).